The number of benzene rings is 2. The Balaban J connectivity index is 0.000000179. The lowest BCUT2D eigenvalue weighted by Gasteiger charge is -2.27. The van der Waals surface area contributed by atoms with E-state index in [0.717, 1.165) is 126 Å². The fourth-order valence-corrected chi connectivity index (χ4v) is 11.9. The molecule has 6 aromatic heterocycles. The van der Waals surface area contributed by atoms with Crippen LogP contribution in [0.4, 0.5) is 4.79 Å². The number of aromatic amines is 3. The van der Waals surface area contributed by atoms with Crippen LogP contribution in [0.5, 0.6) is 0 Å². The van der Waals surface area contributed by atoms with Gasteiger partial charge in [0.25, 0.3) is 11.8 Å². The van der Waals surface area contributed by atoms with E-state index in [0.29, 0.717) is 60.2 Å². The summed E-state index contributed by atoms with van der Waals surface area (Å²) in [5.74, 6) is 0.857. The Morgan fingerprint density at radius 2 is 1.27 bits per heavy atom. The molecule has 0 bridgehead atoms. The van der Waals surface area contributed by atoms with E-state index < -0.39 is 5.60 Å². The van der Waals surface area contributed by atoms with Gasteiger partial charge in [-0.15, -0.1) is 0 Å². The molecule has 8 aromatic rings. The van der Waals surface area contributed by atoms with Crippen molar-refractivity contribution in [3.63, 3.8) is 0 Å². The number of amides is 3. The van der Waals surface area contributed by atoms with Crippen molar-refractivity contribution in [3.8, 4) is 45.3 Å². The lowest BCUT2D eigenvalue weighted by molar-refractivity contribution is -0.0365. The van der Waals surface area contributed by atoms with E-state index in [-0.39, 0.29) is 36.2 Å². The molecule has 20 heteroatoms. The second-order valence-corrected chi connectivity index (χ2v) is 24.1. The van der Waals surface area contributed by atoms with Gasteiger partial charge in [-0.1, -0.05) is 57.6 Å². The Morgan fingerprint density at radius 1 is 0.706 bits per heavy atom. The van der Waals surface area contributed by atoms with Crippen molar-refractivity contribution in [2.75, 3.05) is 19.7 Å². The minimum Gasteiger partial charge on any atom is -0.444 e. The van der Waals surface area contributed by atoms with Gasteiger partial charge in [0.15, 0.2) is 17.9 Å². The lowest BCUT2D eigenvalue weighted by Crippen LogP contribution is -2.36. The first-order chi connectivity index (χ1) is 41.1. The SMILES string of the molecule is CCN(Cc1cncc(-c2ccc3c(c2)c(-c2ncc(C(=O)NC4CCCC4)[nH]2)nn3C2CCCCO2)c1C)C(=O)OC(C)(C)C.CCNCc1cncc(-c2ccc3[nH]nc(-c4ncc(C(=O)NC5CCCC5)[nH]4)c3c2)c1C.NC1CCCC1. The third-order valence-corrected chi connectivity index (χ3v) is 16.8. The molecule has 20 nitrogen and oxygen atoms in total. The summed E-state index contributed by atoms with van der Waals surface area (Å²) in [6, 6.07) is 13.5. The summed E-state index contributed by atoms with van der Waals surface area (Å²) in [6.45, 7) is 17.1. The number of pyridine rings is 2. The number of hydrogen-bond donors (Lipinski definition) is 7. The lowest BCUT2D eigenvalue weighted by atomic mass is 9.97. The first-order valence-corrected chi connectivity index (χ1v) is 30.8. The number of nitrogens with zero attached hydrogens (tertiary/aromatic N) is 8. The minimum atomic E-state index is -0.575. The van der Waals surface area contributed by atoms with E-state index in [9.17, 15) is 14.4 Å². The smallest absolute Gasteiger partial charge is 0.410 e. The Hall–Kier alpha value is -7.81. The van der Waals surface area contributed by atoms with Gasteiger partial charge in [-0.2, -0.15) is 10.2 Å². The van der Waals surface area contributed by atoms with Crippen LogP contribution in [0.2, 0.25) is 0 Å². The van der Waals surface area contributed by atoms with E-state index in [4.69, 9.17) is 20.3 Å². The number of rotatable bonds is 15. The number of fused-ring (bicyclic) bond motifs is 2. The molecular weight excluding hydrogens is 1070 g/mol. The molecule has 1 aliphatic heterocycles. The van der Waals surface area contributed by atoms with E-state index in [2.05, 4.69) is 107 Å². The molecule has 1 saturated heterocycles. The number of nitrogens with two attached hydrogens (primary N) is 1. The number of nitrogens with one attached hydrogen (secondary N) is 6. The summed E-state index contributed by atoms with van der Waals surface area (Å²) in [4.78, 5) is 64.7. The van der Waals surface area contributed by atoms with Crippen molar-refractivity contribution in [1.82, 2.24) is 70.7 Å². The highest BCUT2D eigenvalue weighted by Gasteiger charge is 2.27. The van der Waals surface area contributed by atoms with Gasteiger partial charge in [-0.05, 0) is 164 Å². The average Bonchev–Trinajstić information content (AvgIpc) is 2.38. The molecule has 2 aromatic carbocycles. The van der Waals surface area contributed by atoms with Crippen molar-refractivity contribution < 1.29 is 23.9 Å². The van der Waals surface area contributed by atoms with Crippen LogP contribution < -0.4 is 21.7 Å². The number of aromatic nitrogens is 10. The van der Waals surface area contributed by atoms with Gasteiger partial charge in [-0.25, -0.2) is 19.4 Å². The van der Waals surface area contributed by atoms with Gasteiger partial charge in [0.2, 0.25) is 0 Å². The maximum absolute atomic E-state index is 13.0. The van der Waals surface area contributed by atoms with Crippen LogP contribution in [-0.4, -0.2) is 116 Å². The molecule has 7 heterocycles. The molecule has 8 N–H and O–H groups in total. The van der Waals surface area contributed by atoms with Crippen molar-refractivity contribution in [2.24, 2.45) is 5.73 Å². The number of hydrogen-bond acceptors (Lipinski definition) is 13. The number of ether oxygens (including phenoxy) is 2. The number of carbonyl (C=O) groups is 3. The Bertz CT molecular complexity index is 3570. The summed E-state index contributed by atoms with van der Waals surface area (Å²) in [7, 11) is 0. The molecular formula is C65H85N15O5. The normalized spacial score (nSPS) is 16.7. The topological polar surface area (TPSA) is 265 Å². The van der Waals surface area contributed by atoms with Gasteiger partial charge >= 0.3 is 6.09 Å². The van der Waals surface area contributed by atoms with Crippen LogP contribution in [0.3, 0.4) is 0 Å². The zero-order chi connectivity index (χ0) is 59.6. The molecule has 3 aliphatic carbocycles. The number of H-pyrrole nitrogens is 3. The van der Waals surface area contributed by atoms with Crippen LogP contribution in [-0.2, 0) is 22.6 Å². The summed E-state index contributed by atoms with van der Waals surface area (Å²) in [5, 5.41) is 24.0. The maximum atomic E-state index is 13.0. The minimum absolute atomic E-state index is 0.111. The quantitative estimate of drug-likeness (QED) is 0.0504. The molecule has 0 spiro atoms. The summed E-state index contributed by atoms with van der Waals surface area (Å²) in [6.07, 6.45) is 27.1. The molecule has 450 valence electrons. The summed E-state index contributed by atoms with van der Waals surface area (Å²) >= 11 is 0. The molecule has 12 rings (SSSR count). The third-order valence-electron chi connectivity index (χ3n) is 16.8. The Kier molecular flexibility index (Phi) is 19.5. The Morgan fingerprint density at radius 3 is 1.84 bits per heavy atom. The van der Waals surface area contributed by atoms with Crippen LogP contribution in [0, 0.1) is 13.8 Å². The molecule has 1 unspecified atom stereocenters. The molecule has 3 saturated carbocycles. The number of imidazole rings is 2. The van der Waals surface area contributed by atoms with E-state index in [1.165, 1.54) is 49.7 Å². The fraction of sp³-hybridized carbons (Fsp3) is 0.492. The van der Waals surface area contributed by atoms with E-state index in [1.807, 2.05) is 63.2 Å². The standard InChI is InChI=1S/C35H45N7O4.C25H29N7O.C5H11N/c1-6-41(34(44)46-35(3,4)5)21-24-18-36-19-27(22(24)2)23-14-15-29-26(17-23)31(40-42(29)30-13-9-10-16-45-30)32-37-20-28(39-32)33(43)38-25-11-7-8-12-25;1-3-26-11-17-12-27-13-20(15(17)2)16-8-9-21-19(10-16)23(32-31-21)24-28-14-22(30-24)25(33)29-18-6-4-5-7-18;6-5-3-1-2-4-5/h14-15,17-20,25,30H,6-13,16,21H2,1-5H3,(H,37,39)(H,38,43);8-10,12-14,18,26H,3-7,11H2,1-2H3,(H,28,30)(H,29,33)(H,31,32);5H,1-4,6H2. The highest BCUT2D eigenvalue weighted by molar-refractivity contribution is 5.98. The third kappa shape index (κ3) is 14.7. The first-order valence-electron chi connectivity index (χ1n) is 30.8. The van der Waals surface area contributed by atoms with Gasteiger partial charge in [0, 0.05) is 84.5 Å². The zero-order valence-electron chi connectivity index (χ0n) is 50.6. The molecule has 3 amide bonds. The van der Waals surface area contributed by atoms with E-state index in [1.54, 1.807) is 17.3 Å². The Labute approximate surface area is 498 Å². The summed E-state index contributed by atoms with van der Waals surface area (Å²) in [5.41, 5.74) is 17.5. The van der Waals surface area contributed by atoms with Gasteiger partial charge in [-0.3, -0.25) is 24.7 Å². The predicted octanol–water partition coefficient (Wildman–Crippen LogP) is 11.9. The van der Waals surface area contributed by atoms with E-state index >= 15 is 0 Å². The highest BCUT2D eigenvalue weighted by atomic mass is 16.6. The zero-order valence-corrected chi connectivity index (χ0v) is 50.6. The van der Waals surface area contributed by atoms with Crippen molar-refractivity contribution in [3.05, 3.63) is 107 Å². The van der Waals surface area contributed by atoms with Crippen molar-refractivity contribution >= 4 is 39.7 Å². The first kappa shape index (κ1) is 60.3. The van der Waals surface area contributed by atoms with Crippen LogP contribution in [0.15, 0.2) is 73.6 Å². The van der Waals surface area contributed by atoms with Gasteiger partial charge in [0.1, 0.15) is 28.4 Å². The number of carbonyl (C=O) groups excluding carboxylic acids is 3. The molecule has 4 fully saturated rings. The van der Waals surface area contributed by atoms with Crippen molar-refractivity contribution in [1.29, 1.82) is 0 Å². The average molecular weight is 1160 g/mol. The molecule has 0 radical (unpaired) electrons. The van der Waals surface area contributed by atoms with Gasteiger partial charge < -0.3 is 46.0 Å². The van der Waals surface area contributed by atoms with Crippen molar-refractivity contribution in [2.45, 2.75) is 188 Å². The van der Waals surface area contributed by atoms with Crippen LogP contribution in [0.25, 0.3) is 67.1 Å². The molecule has 85 heavy (non-hydrogen) atoms. The fourth-order valence-electron chi connectivity index (χ4n) is 11.9. The second-order valence-electron chi connectivity index (χ2n) is 24.1. The van der Waals surface area contributed by atoms with Crippen LogP contribution in [0.1, 0.15) is 180 Å². The molecule has 1 atom stereocenters. The highest BCUT2D eigenvalue weighted by Crippen LogP contribution is 2.37. The second kappa shape index (κ2) is 27.5. The summed E-state index contributed by atoms with van der Waals surface area (Å²) < 4.78 is 13.7. The van der Waals surface area contributed by atoms with Crippen LogP contribution >= 0.6 is 0 Å². The maximum Gasteiger partial charge on any atom is 0.410 e. The molecule has 4 aliphatic rings. The van der Waals surface area contributed by atoms with Gasteiger partial charge in [0.05, 0.1) is 30.0 Å². The monoisotopic (exact) mass is 1160 g/mol. The largest absolute Gasteiger partial charge is 0.444 e. The predicted molar refractivity (Wildman–Crippen MR) is 331 cm³/mol.